The van der Waals surface area contributed by atoms with Crippen molar-refractivity contribution in [1.29, 1.82) is 5.26 Å². The summed E-state index contributed by atoms with van der Waals surface area (Å²) in [6.07, 6.45) is 0. The van der Waals surface area contributed by atoms with Crippen molar-refractivity contribution < 1.29 is 8.42 Å². The first-order valence-electron chi connectivity index (χ1n) is 8.67. The highest BCUT2D eigenvalue weighted by Crippen LogP contribution is 2.26. The molecule has 1 aromatic heterocycles. The minimum atomic E-state index is -4.12. The quantitative estimate of drug-likeness (QED) is 0.717. The van der Waals surface area contributed by atoms with Gasteiger partial charge in [0.05, 0.1) is 16.9 Å². The molecular formula is C20H20N4O3S. The van der Waals surface area contributed by atoms with E-state index in [1.54, 1.807) is 42.1 Å². The summed E-state index contributed by atoms with van der Waals surface area (Å²) >= 11 is 0. The first kappa shape index (κ1) is 19.5. The van der Waals surface area contributed by atoms with Crippen LogP contribution in [0, 0.1) is 11.3 Å². The Balaban J connectivity index is 2.20. The summed E-state index contributed by atoms with van der Waals surface area (Å²) in [5, 5.41) is 9.23. The maximum Gasteiger partial charge on any atom is 0.296 e. The third-order valence-corrected chi connectivity index (χ3v) is 5.80. The highest BCUT2D eigenvalue weighted by molar-refractivity contribution is 7.92. The van der Waals surface area contributed by atoms with E-state index in [1.165, 1.54) is 22.9 Å². The Morgan fingerprint density at radius 3 is 2.25 bits per heavy atom. The van der Waals surface area contributed by atoms with E-state index in [-0.39, 0.29) is 22.1 Å². The number of nitriles is 1. The van der Waals surface area contributed by atoms with E-state index in [0.29, 0.717) is 11.4 Å². The van der Waals surface area contributed by atoms with Crippen molar-refractivity contribution in [3.8, 4) is 11.8 Å². The molecule has 0 atom stereocenters. The van der Waals surface area contributed by atoms with Gasteiger partial charge in [-0.25, -0.2) is 13.1 Å². The van der Waals surface area contributed by atoms with Crippen LogP contribution in [0.3, 0.4) is 0 Å². The summed E-state index contributed by atoms with van der Waals surface area (Å²) in [7, 11) is -2.41. The average molecular weight is 396 g/mol. The lowest BCUT2D eigenvalue weighted by Gasteiger charge is -2.13. The topological polar surface area (TPSA) is 96.9 Å². The average Bonchev–Trinajstić information content (AvgIpc) is 2.91. The molecule has 3 aromatic rings. The Bertz CT molecular complexity index is 1220. The van der Waals surface area contributed by atoms with Crippen molar-refractivity contribution in [3.05, 3.63) is 76.2 Å². The summed E-state index contributed by atoms with van der Waals surface area (Å²) in [5.74, 6) is -0.119. The Kier molecular flexibility index (Phi) is 5.12. The van der Waals surface area contributed by atoms with Crippen LogP contribution in [0.15, 0.2) is 64.3 Å². The monoisotopic (exact) mass is 396 g/mol. The van der Waals surface area contributed by atoms with Gasteiger partial charge in [0.15, 0.2) is 0 Å². The predicted octanol–water partition coefficient (Wildman–Crippen LogP) is 2.97. The number of hydrogen-bond acceptors (Lipinski definition) is 4. The second-order valence-electron chi connectivity index (χ2n) is 6.60. The minimum absolute atomic E-state index is 0.0143. The van der Waals surface area contributed by atoms with E-state index in [1.807, 2.05) is 26.0 Å². The lowest BCUT2D eigenvalue weighted by Crippen LogP contribution is -2.23. The molecule has 8 heteroatoms. The van der Waals surface area contributed by atoms with Gasteiger partial charge >= 0.3 is 0 Å². The SMILES string of the molecule is CC(C)c1c(NS(=O)(=O)c2ccccc2C#N)c(=O)n(-c2ccccc2)n1C. The van der Waals surface area contributed by atoms with Gasteiger partial charge < -0.3 is 0 Å². The fraction of sp³-hybridized carbons (Fsp3) is 0.200. The highest BCUT2D eigenvalue weighted by Gasteiger charge is 2.27. The van der Waals surface area contributed by atoms with E-state index in [2.05, 4.69) is 4.72 Å². The molecule has 0 saturated carbocycles. The molecule has 2 aromatic carbocycles. The Morgan fingerprint density at radius 2 is 1.64 bits per heavy atom. The van der Waals surface area contributed by atoms with Crippen LogP contribution in [0.5, 0.6) is 0 Å². The Morgan fingerprint density at radius 1 is 1.04 bits per heavy atom. The van der Waals surface area contributed by atoms with Gasteiger partial charge in [-0.15, -0.1) is 0 Å². The van der Waals surface area contributed by atoms with Crippen molar-refractivity contribution in [3.63, 3.8) is 0 Å². The third-order valence-electron chi connectivity index (χ3n) is 4.39. The number of anilines is 1. The van der Waals surface area contributed by atoms with Crippen molar-refractivity contribution in [2.75, 3.05) is 4.72 Å². The van der Waals surface area contributed by atoms with Crippen LogP contribution in [-0.4, -0.2) is 17.8 Å². The van der Waals surface area contributed by atoms with Gasteiger partial charge in [-0.2, -0.15) is 5.26 Å². The smallest absolute Gasteiger partial charge is 0.283 e. The number of aromatic nitrogens is 2. The molecule has 0 radical (unpaired) electrons. The van der Waals surface area contributed by atoms with Crippen LogP contribution in [0.1, 0.15) is 31.0 Å². The second-order valence-corrected chi connectivity index (χ2v) is 8.26. The van der Waals surface area contributed by atoms with Gasteiger partial charge in [0.2, 0.25) is 0 Å². The molecule has 0 saturated heterocycles. The number of nitrogens with one attached hydrogen (secondary N) is 1. The molecule has 1 N–H and O–H groups in total. The van der Waals surface area contributed by atoms with Gasteiger partial charge in [0.25, 0.3) is 15.6 Å². The summed E-state index contributed by atoms with van der Waals surface area (Å²) in [6, 6.07) is 16.7. The van der Waals surface area contributed by atoms with Gasteiger partial charge in [-0.3, -0.25) is 14.2 Å². The molecule has 0 bridgehead atoms. The van der Waals surface area contributed by atoms with E-state index in [9.17, 15) is 18.5 Å². The number of nitrogens with zero attached hydrogens (tertiary/aromatic N) is 3. The maximum atomic E-state index is 13.1. The standard InChI is InChI=1S/C20H20N4O3S/c1-14(2)19-18(20(25)24(23(19)3)16-10-5-4-6-11-16)22-28(26,27)17-12-8-7-9-15(17)13-21/h4-12,14,22H,1-3H3. The van der Waals surface area contributed by atoms with Crippen LogP contribution in [0.25, 0.3) is 5.69 Å². The number of hydrogen-bond donors (Lipinski definition) is 1. The van der Waals surface area contributed by atoms with Gasteiger partial charge in [0, 0.05) is 7.05 Å². The van der Waals surface area contributed by atoms with Gasteiger partial charge in [-0.1, -0.05) is 44.2 Å². The summed E-state index contributed by atoms with van der Waals surface area (Å²) < 4.78 is 31.4. The Labute approximate surface area is 163 Å². The zero-order valence-corrected chi connectivity index (χ0v) is 16.6. The van der Waals surface area contributed by atoms with Crippen molar-refractivity contribution in [2.24, 2.45) is 7.05 Å². The largest absolute Gasteiger partial charge is 0.296 e. The molecule has 0 amide bonds. The minimum Gasteiger partial charge on any atom is -0.283 e. The molecule has 28 heavy (non-hydrogen) atoms. The fourth-order valence-corrected chi connectivity index (χ4v) is 4.45. The summed E-state index contributed by atoms with van der Waals surface area (Å²) in [4.78, 5) is 13.0. The molecule has 3 rings (SSSR count). The maximum absolute atomic E-state index is 13.1. The molecule has 144 valence electrons. The van der Waals surface area contributed by atoms with Crippen LogP contribution in [0.2, 0.25) is 0 Å². The molecule has 0 aliphatic rings. The van der Waals surface area contributed by atoms with E-state index >= 15 is 0 Å². The molecule has 0 aliphatic heterocycles. The number of rotatable bonds is 5. The molecule has 0 spiro atoms. The van der Waals surface area contributed by atoms with Crippen LogP contribution < -0.4 is 10.3 Å². The normalized spacial score (nSPS) is 11.4. The first-order chi connectivity index (χ1) is 13.3. The van der Waals surface area contributed by atoms with Crippen molar-refractivity contribution in [1.82, 2.24) is 9.36 Å². The van der Waals surface area contributed by atoms with Crippen molar-refractivity contribution >= 4 is 15.7 Å². The predicted molar refractivity (Wildman–Crippen MR) is 107 cm³/mol. The molecule has 0 aliphatic carbocycles. The van der Waals surface area contributed by atoms with E-state index < -0.39 is 15.6 Å². The van der Waals surface area contributed by atoms with Crippen LogP contribution in [0.4, 0.5) is 5.69 Å². The second kappa shape index (κ2) is 7.37. The summed E-state index contributed by atoms with van der Waals surface area (Å²) in [6.45, 7) is 3.76. The molecule has 0 fully saturated rings. The van der Waals surface area contributed by atoms with Gasteiger partial charge in [-0.05, 0) is 30.2 Å². The number of sulfonamides is 1. The fourth-order valence-electron chi connectivity index (χ4n) is 3.22. The molecule has 7 nitrogen and oxygen atoms in total. The van der Waals surface area contributed by atoms with Crippen molar-refractivity contribution in [2.45, 2.75) is 24.7 Å². The lowest BCUT2D eigenvalue weighted by atomic mass is 10.1. The molecule has 1 heterocycles. The zero-order chi connectivity index (χ0) is 20.5. The number of para-hydroxylation sites is 1. The Hall–Kier alpha value is -3.31. The molecular weight excluding hydrogens is 376 g/mol. The van der Waals surface area contributed by atoms with Crippen LogP contribution >= 0.6 is 0 Å². The van der Waals surface area contributed by atoms with Gasteiger partial charge in [0.1, 0.15) is 16.7 Å². The summed E-state index contributed by atoms with van der Waals surface area (Å²) in [5.41, 5.74) is 0.691. The van der Waals surface area contributed by atoms with Crippen LogP contribution in [-0.2, 0) is 17.1 Å². The number of benzene rings is 2. The lowest BCUT2D eigenvalue weighted by molar-refractivity contribution is 0.594. The third kappa shape index (κ3) is 3.32. The highest BCUT2D eigenvalue weighted by atomic mass is 32.2. The van der Waals surface area contributed by atoms with E-state index in [4.69, 9.17) is 0 Å². The molecule has 0 unspecified atom stereocenters. The first-order valence-corrected chi connectivity index (χ1v) is 10.2. The zero-order valence-electron chi connectivity index (χ0n) is 15.7. The van der Waals surface area contributed by atoms with E-state index in [0.717, 1.165) is 0 Å².